The van der Waals surface area contributed by atoms with E-state index in [9.17, 15) is 31.7 Å². The second kappa shape index (κ2) is 8.80. The van der Waals surface area contributed by atoms with E-state index in [1.807, 2.05) is 0 Å². The summed E-state index contributed by atoms with van der Waals surface area (Å²) in [5.41, 5.74) is -1.36. The zero-order valence-electron chi connectivity index (χ0n) is 14.7. The van der Waals surface area contributed by atoms with Crippen LogP contribution in [0.4, 0.5) is 24.7 Å². The molecule has 1 aromatic heterocycles. The van der Waals surface area contributed by atoms with Gasteiger partial charge >= 0.3 is 6.18 Å². The molecule has 1 heterocycles. The Hall–Kier alpha value is -2.64. The maximum absolute atomic E-state index is 12.6. The highest BCUT2D eigenvalue weighted by Crippen LogP contribution is 2.32. The summed E-state index contributed by atoms with van der Waals surface area (Å²) in [4.78, 5) is 13.3. The Kier molecular flexibility index (Phi) is 6.87. The molecule has 0 radical (unpaired) electrons. The van der Waals surface area contributed by atoms with Crippen LogP contribution in [0.2, 0.25) is 5.02 Å². The van der Waals surface area contributed by atoms with Crippen molar-refractivity contribution >= 4 is 33.1 Å². The molecule has 0 aliphatic heterocycles. The fraction of sp³-hybridized carbons (Fsp3) is 0.267. The Morgan fingerprint density at radius 2 is 1.97 bits per heavy atom. The first kappa shape index (κ1) is 22.6. The number of pyridine rings is 1. The number of alkyl halides is 3. The number of aromatic nitrogens is 1. The van der Waals surface area contributed by atoms with Gasteiger partial charge in [0.1, 0.15) is 16.5 Å². The molecule has 0 aliphatic carbocycles. The van der Waals surface area contributed by atoms with Crippen molar-refractivity contribution in [2.45, 2.75) is 11.1 Å². The van der Waals surface area contributed by atoms with Crippen LogP contribution in [0.15, 0.2) is 35.4 Å². The average Bonchev–Trinajstić information content (AvgIpc) is 2.64. The van der Waals surface area contributed by atoms with E-state index in [0.717, 1.165) is 25.3 Å². The van der Waals surface area contributed by atoms with Crippen LogP contribution in [0.3, 0.4) is 0 Å². The number of nitro benzene ring substituents is 1. The normalized spacial score (nSPS) is 11.9. The molecule has 0 bridgehead atoms. The maximum atomic E-state index is 12.6. The van der Waals surface area contributed by atoms with E-state index < -0.39 is 26.7 Å². The number of rotatable bonds is 8. The number of anilines is 1. The summed E-state index contributed by atoms with van der Waals surface area (Å²) in [6, 6.07) is 3.71. The molecule has 0 fully saturated rings. The highest BCUT2D eigenvalue weighted by atomic mass is 35.5. The van der Waals surface area contributed by atoms with Crippen molar-refractivity contribution in [2.75, 3.05) is 25.5 Å². The maximum Gasteiger partial charge on any atom is 0.417 e. The number of non-ortho nitro benzene ring substituents is 1. The average molecular weight is 455 g/mol. The van der Waals surface area contributed by atoms with Gasteiger partial charge in [0.2, 0.25) is 10.0 Å². The van der Waals surface area contributed by atoms with Crippen molar-refractivity contribution in [3.05, 3.63) is 51.2 Å². The van der Waals surface area contributed by atoms with E-state index in [1.165, 1.54) is 0 Å². The van der Waals surface area contributed by atoms with Crippen molar-refractivity contribution in [3.63, 3.8) is 0 Å². The SMILES string of the molecule is COc1cc([N+](=O)[O-])ccc1S(=O)(=O)NCCNc1ncc(C(F)(F)F)cc1Cl. The fourth-order valence-electron chi connectivity index (χ4n) is 2.16. The van der Waals surface area contributed by atoms with Crippen molar-refractivity contribution in [1.82, 2.24) is 9.71 Å². The molecule has 1 aromatic carbocycles. The van der Waals surface area contributed by atoms with E-state index in [-0.39, 0.29) is 40.3 Å². The number of methoxy groups -OCH3 is 1. The number of benzene rings is 1. The minimum atomic E-state index is -4.59. The first-order valence-electron chi connectivity index (χ1n) is 7.74. The Labute approximate surface area is 168 Å². The van der Waals surface area contributed by atoms with Crippen LogP contribution in [0.25, 0.3) is 0 Å². The molecule has 14 heteroatoms. The Morgan fingerprint density at radius 3 is 2.52 bits per heavy atom. The first-order chi connectivity index (χ1) is 13.5. The molecule has 29 heavy (non-hydrogen) atoms. The number of sulfonamides is 1. The van der Waals surface area contributed by atoms with Crippen LogP contribution in [0.5, 0.6) is 5.75 Å². The van der Waals surface area contributed by atoms with Crippen LogP contribution >= 0.6 is 11.6 Å². The van der Waals surface area contributed by atoms with Gasteiger partial charge in [-0.1, -0.05) is 11.6 Å². The lowest BCUT2D eigenvalue weighted by Crippen LogP contribution is -2.29. The Morgan fingerprint density at radius 1 is 1.28 bits per heavy atom. The van der Waals surface area contributed by atoms with Gasteiger partial charge in [-0.2, -0.15) is 13.2 Å². The largest absolute Gasteiger partial charge is 0.495 e. The van der Waals surface area contributed by atoms with Crippen molar-refractivity contribution in [3.8, 4) is 5.75 Å². The monoisotopic (exact) mass is 454 g/mol. The number of hydrogen-bond donors (Lipinski definition) is 2. The van der Waals surface area contributed by atoms with Gasteiger partial charge < -0.3 is 10.1 Å². The number of nitrogens with one attached hydrogen (secondary N) is 2. The molecule has 0 atom stereocenters. The van der Waals surface area contributed by atoms with E-state index in [2.05, 4.69) is 15.0 Å². The molecule has 0 saturated heterocycles. The molecule has 9 nitrogen and oxygen atoms in total. The molecular weight excluding hydrogens is 441 g/mol. The second-order valence-corrected chi connectivity index (χ2v) is 7.61. The highest BCUT2D eigenvalue weighted by molar-refractivity contribution is 7.89. The van der Waals surface area contributed by atoms with Crippen molar-refractivity contribution in [2.24, 2.45) is 0 Å². The summed E-state index contributed by atoms with van der Waals surface area (Å²) in [5.74, 6) is -0.265. The molecule has 0 saturated carbocycles. The highest BCUT2D eigenvalue weighted by Gasteiger charge is 2.31. The molecule has 0 spiro atoms. The molecule has 2 aromatic rings. The van der Waals surface area contributed by atoms with Gasteiger partial charge in [0.05, 0.1) is 28.7 Å². The van der Waals surface area contributed by atoms with Gasteiger partial charge in [-0.3, -0.25) is 10.1 Å². The first-order valence-corrected chi connectivity index (χ1v) is 9.60. The van der Waals surface area contributed by atoms with Crippen LogP contribution in [-0.4, -0.2) is 38.5 Å². The third kappa shape index (κ3) is 5.68. The number of ether oxygens (including phenoxy) is 1. The number of halogens is 4. The van der Waals surface area contributed by atoms with Crippen molar-refractivity contribution < 1.29 is 31.2 Å². The van der Waals surface area contributed by atoms with Crippen molar-refractivity contribution in [1.29, 1.82) is 0 Å². The summed E-state index contributed by atoms with van der Waals surface area (Å²) in [5, 5.41) is 13.1. The van der Waals surface area contributed by atoms with Crippen LogP contribution in [0, 0.1) is 10.1 Å². The van der Waals surface area contributed by atoms with Gasteiger partial charge in [0, 0.05) is 25.4 Å². The minimum absolute atomic E-state index is 0.0490. The topological polar surface area (TPSA) is 123 Å². The zero-order valence-corrected chi connectivity index (χ0v) is 16.2. The van der Waals surface area contributed by atoms with Crippen LogP contribution in [-0.2, 0) is 16.2 Å². The molecule has 158 valence electrons. The van der Waals surface area contributed by atoms with E-state index in [0.29, 0.717) is 12.3 Å². The smallest absolute Gasteiger partial charge is 0.417 e. The van der Waals surface area contributed by atoms with Crippen LogP contribution in [0.1, 0.15) is 5.56 Å². The lowest BCUT2D eigenvalue weighted by atomic mass is 10.3. The number of nitro groups is 1. The van der Waals surface area contributed by atoms with Gasteiger partial charge in [-0.05, 0) is 12.1 Å². The quantitative estimate of drug-likeness (QED) is 0.357. The predicted molar refractivity (Wildman–Crippen MR) is 97.6 cm³/mol. The van der Waals surface area contributed by atoms with Gasteiger partial charge in [-0.15, -0.1) is 0 Å². The molecule has 0 amide bonds. The number of hydrogen-bond acceptors (Lipinski definition) is 7. The van der Waals surface area contributed by atoms with Gasteiger partial charge in [0.15, 0.2) is 0 Å². The Bertz CT molecular complexity index is 1020. The third-order valence-electron chi connectivity index (χ3n) is 3.53. The summed E-state index contributed by atoms with van der Waals surface area (Å²) in [6.07, 6.45) is -3.99. The summed E-state index contributed by atoms with van der Waals surface area (Å²) in [7, 11) is -2.91. The zero-order chi connectivity index (χ0) is 21.8. The summed E-state index contributed by atoms with van der Waals surface area (Å²) in [6.45, 7) is -0.228. The lowest BCUT2D eigenvalue weighted by molar-refractivity contribution is -0.385. The Balaban J connectivity index is 2.03. The summed E-state index contributed by atoms with van der Waals surface area (Å²) >= 11 is 5.74. The molecule has 0 unspecified atom stereocenters. The minimum Gasteiger partial charge on any atom is -0.495 e. The lowest BCUT2D eigenvalue weighted by Gasteiger charge is -2.12. The van der Waals surface area contributed by atoms with E-state index in [1.54, 1.807) is 0 Å². The predicted octanol–water partition coefficient (Wildman–Crippen LogP) is 3.06. The fourth-order valence-corrected chi connectivity index (χ4v) is 3.57. The second-order valence-electron chi connectivity index (χ2n) is 5.47. The molecule has 2 N–H and O–H groups in total. The van der Waals surface area contributed by atoms with E-state index >= 15 is 0 Å². The van der Waals surface area contributed by atoms with E-state index in [4.69, 9.17) is 16.3 Å². The molecule has 2 rings (SSSR count). The van der Waals surface area contributed by atoms with Gasteiger partial charge in [0.25, 0.3) is 5.69 Å². The summed E-state index contributed by atoms with van der Waals surface area (Å²) < 4.78 is 69.6. The number of nitrogens with zero attached hydrogens (tertiary/aromatic N) is 2. The standard InChI is InChI=1S/C15H14ClF3N4O5S/c1-28-12-7-10(23(24)25)2-3-13(12)29(26,27)22-5-4-20-14-11(16)6-9(8-21-14)15(17,18)19/h2-3,6-8,22H,4-5H2,1H3,(H,20,21). The molecule has 0 aliphatic rings. The van der Waals surface area contributed by atoms with Crippen LogP contribution < -0.4 is 14.8 Å². The van der Waals surface area contributed by atoms with Gasteiger partial charge in [-0.25, -0.2) is 18.1 Å². The third-order valence-corrected chi connectivity index (χ3v) is 5.31. The molecular formula is C15H14ClF3N4O5S.